The van der Waals surface area contributed by atoms with Crippen molar-refractivity contribution in [2.45, 2.75) is 63.5 Å². The second-order valence-corrected chi connectivity index (χ2v) is 13.0. The summed E-state index contributed by atoms with van der Waals surface area (Å²) >= 11 is 0. The largest absolute Gasteiger partial charge is 0.385 e. The zero-order chi connectivity index (χ0) is 22.4. The zero-order valence-electron chi connectivity index (χ0n) is 18.6. The van der Waals surface area contributed by atoms with Gasteiger partial charge in [-0.3, -0.25) is 0 Å². The molecule has 0 saturated carbocycles. The minimum atomic E-state index is -3.45. The number of rotatable bonds is 11. The van der Waals surface area contributed by atoms with E-state index in [1.807, 2.05) is 0 Å². The quantitative estimate of drug-likeness (QED) is 0.495. The Bertz CT molecular complexity index is 858. The average Bonchev–Trinajstić information content (AvgIpc) is 2.66. The summed E-state index contributed by atoms with van der Waals surface area (Å²) < 4.78 is 53.4. The van der Waals surface area contributed by atoms with E-state index in [-0.39, 0.29) is 0 Å². The molecule has 0 spiro atoms. The van der Waals surface area contributed by atoms with Crippen molar-refractivity contribution in [3.63, 3.8) is 0 Å². The molecular formula is C21H37N3O4S2. The molecule has 30 heavy (non-hydrogen) atoms. The number of hydrogen-bond acceptors (Lipinski definition) is 5. The van der Waals surface area contributed by atoms with Crippen LogP contribution in [0.15, 0.2) is 29.2 Å². The molecule has 2 rings (SSSR count). The Morgan fingerprint density at radius 1 is 0.933 bits per heavy atom. The molecule has 2 atom stereocenters. The normalized spacial score (nSPS) is 21.1. The van der Waals surface area contributed by atoms with E-state index < -0.39 is 25.3 Å². The Hall–Kier alpha value is -1.16. The molecule has 1 aromatic rings. The van der Waals surface area contributed by atoms with Gasteiger partial charge in [0.2, 0.25) is 20.0 Å². The smallest absolute Gasteiger partial charge is 0.243 e. The highest BCUT2D eigenvalue weighted by atomic mass is 32.2. The van der Waals surface area contributed by atoms with Gasteiger partial charge in [-0.1, -0.05) is 20.3 Å². The number of nitrogens with one attached hydrogen (secondary N) is 2. The standard InChI is InChI=1S/C21H37N3O4S2/c1-17(2)29(25,26)23-13-7-5-6-12-22-20-8-10-21(11-9-20)30(27,28)24-15-18(3)14-19(4)16-24/h8-11,17-19,22-23H,5-7,12-16H2,1-4H3. The van der Waals surface area contributed by atoms with Crippen LogP contribution < -0.4 is 10.0 Å². The Morgan fingerprint density at radius 3 is 2.07 bits per heavy atom. The molecule has 2 unspecified atom stereocenters. The maximum absolute atomic E-state index is 12.9. The summed E-state index contributed by atoms with van der Waals surface area (Å²) in [5.74, 6) is 0.760. The van der Waals surface area contributed by atoms with Crippen molar-refractivity contribution < 1.29 is 16.8 Å². The van der Waals surface area contributed by atoms with Gasteiger partial charge in [0.15, 0.2) is 0 Å². The lowest BCUT2D eigenvalue weighted by Gasteiger charge is -2.34. The number of unbranched alkanes of at least 4 members (excludes halogenated alkanes) is 2. The van der Waals surface area contributed by atoms with E-state index in [2.05, 4.69) is 23.9 Å². The molecule has 172 valence electrons. The second-order valence-electron chi connectivity index (χ2n) is 8.77. The number of anilines is 1. The van der Waals surface area contributed by atoms with Crippen molar-refractivity contribution in [3.05, 3.63) is 24.3 Å². The second kappa shape index (κ2) is 10.9. The van der Waals surface area contributed by atoms with Gasteiger partial charge in [-0.25, -0.2) is 21.6 Å². The molecule has 0 amide bonds. The Balaban J connectivity index is 1.76. The SMILES string of the molecule is CC1CC(C)CN(S(=O)(=O)c2ccc(NCCCCCNS(=O)(=O)C(C)C)cc2)C1. The van der Waals surface area contributed by atoms with Gasteiger partial charge in [0, 0.05) is 31.9 Å². The van der Waals surface area contributed by atoms with Crippen molar-refractivity contribution in [1.29, 1.82) is 0 Å². The molecule has 1 aliphatic heterocycles. The third-order valence-electron chi connectivity index (χ3n) is 5.43. The number of benzene rings is 1. The van der Waals surface area contributed by atoms with Crippen LogP contribution in [0.3, 0.4) is 0 Å². The average molecular weight is 460 g/mol. The summed E-state index contributed by atoms with van der Waals surface area (Å²) in [6, 6.07) is 6.95. The number of hydrogen-bond donors (Lipinski definition) is 2. The summed E-state index contributed by atoms with van der Waals surface area (Å²) in [6.45, 7) is 9.91. The van der Waals surface area contributed by atoms with E-state index >= 15 is 0 Å². The molecule has 7 nitrogen and oxygen atoms in total. The molecule has 0 bridgehead atoms. The lowest BCUT2D eigenvalue weighted by Crippen LogP contribution is -2.42. The van der Waals surface area contributed by atoms with Crippen LogP contribution in [0.4, 0.5) is 5.69 Å². The first kappa shape index (κ1) is 25.1. The van der Waals surface area contributed by atoms with Crippen molar-refractivity contribution >= 4 is 25.7 Å². The first-order valence-corrected chi connectivity index (χ1v) is 13.8. The number of sulfonamides is 2. The number of piperidine rings is 1. The van der Waals surface area contributed by atoms with Crippen LogP contribution in [-0.2, 0) is 20.0 Å². The summed E-state index contributed by atoms with van der Waals surface area (Å²) in [6.07, 6.45) is 3.67. The van der Waals surface area contributed by atoms with Gasteiger partial charge >= 0.3 is 0 Å². The molecule has 1 aliphatic rings. The molecule has 0 aliphatic carbocycles. The summed E-state index contributed by atoms with van der Waals surface area (Å²) in [4.78, 5) is 0.340. The predicted octanol–water partition coefficient (Wildman–Crippen LogP) is 3.26. The predicted molar refractivity (Wildman–Crippen MR) is 123 cm³/mol. The van der Waals surface area contributed by atoms with Gasteiger partial charge in [0.1, 0.15) is 0 Å². The zero-order valence-corrected chi connectivity index (χ0v) is 20.2. The van der Waals surface area contributed by atoms with Crippen molar-refractivity contribution in [2.75, 3.05) is 31.5 Å². The van der Waals surface area contributed by atoms with Crippen LogP contribution in [0.1, 0.15) is 53.4 Å². The lowest BCUT2D eigenvalue weighted by atomic mass is 9.94. The first-order chi connectivity index (χ1) is 14.0. The molecule has 1 fully saturated rings. The van der Waals surface area contributed by atoms with Gasteiger partial charge in [-0.2, -0.15) is 4.31 Å². The van der Waals surface area contributed by atoms with Gasteiger partial charge in [-0.05, 0) is 69.2 Å². The van der Waals surface area contributed by atoms with E-state index in [0.717, 1.165) is 37.9 Å². The number of nitrogens with zero attached hydrogens (tertiary/aromatic N) is 1. The molecule has 1 saturated heterocycles. The highest BCUT2D eigenvalue weighted by Crippen LogP contribution is 2.27. The van der Waals surface area contributed by atoms with Gasteiger partial charge in [0.05, 0.1) is 10.1 Å². The summed E-state index contributed by atoms with van der Waals surface area (Å²) in [5.41, 5.74) is 0.884. The summed E-state index contributed by atoms with van der Waals surface area (Å²) in [7, 11) is -6.63. The lowest BCUT2D eigenvalue weighted by molar-refractivity contribution is 0.222. The van der Waals surface area contributed by atoms with Gasteiger partial charge in [0.25, 0.3) is 0 Å². The maximum atomic E-state index is 12.9. The van der Waals surface area contributed by atoms with E-state index in [1.165, 1.54) is 0 Å². The van der Waals surface area contributed by atoms with E-state index in [0.29, 0.717) is 36.4 Å². The fourth-order valence-electron chi connectivity index (χ4n) is 3.74. The highest BCUT2D eigenvalue weighted by molar-refractivity contribution is 7.90. The Labute approximate surface area is 182 Å². The Kier molecular flexibility index (Phi) is 9.14. The van der Waals surface area contributed by atoms with E-state index in [9.17, 15) is 16.8 Å². The molecular weight excluding hydrogens is 422 g/mol. The third kappa shape index (κ3) is 7.21. The summed E-state index contributed by atoms with van der Waals surface area (Å²) in [5, 5.41) is 2.89. The topological polar surface area (TPSA) is 95.6 Å². The first-order valence-electron chi connectivity index (χ1n) is 10.8. The fourth-order valence-corrected chi connectivity index (χ4v) is 6.18. The molecule has 0 aromatic heterocycles. The third-order valence-corrected chi connectivity index (χ3v) is 9.13. The van der Waals surface area contributed by atoms with Crippen LogP contribution in [0, 0.1) is 11.8 Å². The molecule has 2 N–H and O–H groups in total. The van der Waals surface area contributed by atoms with Crippen LogP contribution in [0.25, 0.3) is 0 Å². The van der Waals surface area contributed by atoms with Crippen LogP contribution in [-0.4, -0.2) is 52.6 Å². The molecule has 1 aromatic carbocycles. The van der Waals surface area contributed by atoms with E-state index in [4.69, 9.17) is 0 Å². The van der Waals surface area contributed by atoms with Crippen molar-refractivity contribution in [3.8, 4) is 0 Å². The van der Waals surface area contributed by atoms with Crippen LogP contribution >= 0.6 is 0 Å². The van der Waals surface area contributed by atoms with Crippen molar-refractivity contribution in [1.82, 2.24) is 9.03 Å². The maximum Gasteiger partial charge on any atom is 0.243 e. The fraction of sp³-hybridized carbons (Fsp3) is 0.714. The van der Waals surface area contributed by atoms with Crippen LogP contribution in [0.5, 0.6) is 0 Å². The molecule has 9 heteroatoms. The Morgan fingerprint density at radius 2 is 1.50 bits per heavy atom. The molecule has 1 heterocycles. The van der Waals surface area contributed by atoms with Gasteiger partial charge < -0.3 is 5.32 Å². The molecule has 0 radical (unpaired) electrons. The highest BCUT2D eigenvalue weighted by Gasteiger charge is 2.31. The minimum absolute atomic E-state index is 0.340. The van der Waals surface area contributed by atoms with Crippen molar-refractivity contribution in [2.24, 2.45) is 11.8 Å². The van der Waals surface area contributed by atoms with Crippen LogP contribution in [0.2, 0.25) is 0 Å². The van der Waals surface area contributed by atoms with Gasteiger partial charge in [-0.15, -0.1) is 0 Å². The minimum Gasteiger partial charge on any atom is -0.385 e. The van der Waals surface area contributed by atoms with E-state index in [1.54, 1.807) is 42.4 Å². The monoisotopic (exact) mass is 459 g/mol.